The first-order valence-electron chi connectivity index (χ1n) is 6.35. The van der Waals surface area contributed by atoms with Crippen molar-refractivity contribution in [3.63, 3.8) is 0 Å². The largest absolute Gasteiger partial charge is 0.497 e. The number of carboxylic acid groups (broad SMARTS) is 1. The minimum atomic E-state index is -1.16. The van der Waals surface area contributed by atoms with E-state index < -0.39 is 30.3 Å². The summed E-state index contributed by atoms with van der Waals surface area (Å²) < 4.78 is 5.08. The molecular formula is C14H21NO5. The average Bonchev–Trinajstić information content (AvgIpc) is 2.42. The van der Waals surface area contributed by atoms with E-state index in [0.29, 0.717) is 11.3 Å². The highest BCUT2D eigenvalue weighted by atomic mass is 16.5. The lowest BCUT2D eigenvalue weighted by Gasteiger charge is -2.26. The van der Waals surface area contributed by atoms with Crippen LogP contribution >= 0.6 is 0 Å². The normalized spacial score (nSPS) is 17.1. The fourth-order valence-electron chi connectivity index (χ4n) is 1.91. The van der Waals surface area contributed by atoms with Crippen LogP contribution in [-0.2, 0) is 4.79 Å². The number of ether oxygens (including phenoxy) is 1. The molecule has 0 bridgehead atoms. The Morgan fingerprint density at radius 3 is 2.45 bits per heavy atom. The summed E-state index contributed by atoms with van der Waals surface area (Å²) in [7, 11) is 1.53. The van der Waals surface area contributed by atoms with E-state index in [-0.39, 0.29) is 0 Å². The standard InChI is InChI=1S/C14H21NO5/c1-8(15-12(9(2)16)14(18)19)13(17)10-5-4-6-11(7-10)20-3/h4-9,12-13,15-17H,1-3H3,(H,18,19). The second-order valence-electron chi connectivity index (χ2n) is 4.73. The van der Waals surface area contributed by atoms with Crippen molar-refractivity contribution in [2.75, 3.05) is 7.11 Å². The number of aliphatic hydroxyl groups excluding tert-OH is 2. The van der Waals surface area contributed by atoms with Gasteiger partial charge in [-0.05, 0) is 31.5 Å². The zero-order valence-electron chi connectivity index (χ0n) is 11.8. The molecule has 0 saturated carbocycles. The maximum Gasteiger partial charge on any atom is 0.323 e. The summed E-state index contributed by atoms with van der Waals surface area (Å²) in [6.07, 6.45) is -1.97. The predicted molar refractivity (Wildman–Crippen MR) is 73.7 cm³/mol. The Balaban J connectivity index is 2.79. The van der Waals surface area contributed by atoms with E-state index in [9.17, 15) is 15.0 Å². The minimum Gasteiger partial charge on any atom is -0.497 e. The van der Waals surface area contributed by atoms with E-state index in [0.717, 1.165) is 0 Å². The van der Waals surface area contributed by atoms with Gasteiger partial charge in [-0.25, -0.2) is 0 Å². The number of carbonyl (C=O) groups is 1. The second kappa shape index (κ2) is 7.23. The molecule has 0 heterocycles. The molecule has 4 atom stereocenters. The number of aliphatic carboxylic acids is 1. The molecule has 6 nitrogen and oxygen atoms in total. The third kappa shape index (κ3) is 4.19. The van der Waals surface area contributed by atoms with Crippen molar-refractivity contribution in [1.29, 1.82) is 0 Å². The highest BCUT2D eigenvalue weighted by molar-refractivity contribution is 5.74. The zero-order chi connectivity index (χ0) is 15.3. The molecule has 20 heavy (non-hydrogen) atoms. The Hall–Kier alpha value is -1.63. The van der Waals surface area contributed by atoms with Gasteiger partial charge in [0.25, 0.3) is 0 Å². The number of nitrogens with one attached hydrogen (secondary N) is 1. The predicted octanol–water partition coefficient (Wildman–Crippen LogP) is 0.541. The monoisotopic (exact) mass is 283 g/mol. The summed E-state index contributed by atoms with van der Waals surface area (Å²) in [5.41, 5.74) is 0.610. The number of carboxylic acids is 1. The molecule has 0 spiro atoms. The lowest BCUT2D eigenvalue weighted by molar-refractivity contribution is -0.142. The smallest absolute Gasteiger partial charge is 0.323 e. The van der Waals surface area contributed by atoms with Crippen molar-refractivity contribution in [2.24, 2.45) is 0 Å². The number of benzene rings is 1. The Bertz CT molecular complexity index is 449. The van der Waals surface area contributed by atoms with E-state index in [1.165, 1.54) is 14.0 Å². The Morgan fingerprint density at radius 2 is 1.95 bits per heavy atom. The number of methoxy groups -OCH3 is 1. The zero-order valence-corrected chi connectivity index (χ0v) is 11.8. The minimum absolute atomic E-state index is 0.544. The van der Waals surface area contributed by atoms with Crippen LogP contribution in [0.15, 0.2) is 24.3 Å². The Kier molecular flexibility index (Phi) is 5.94. The number of aliphatic hydroxyl groups is 2. The second-order valence-corrected chi connectivity index (χ2v) is 4.73. The van der Waals surface area contributed by atoms with Gasteiger partial charge in [0, 0.05) is 6.04 Å². The number of hydrogen-bond donors (Lipinski definition) is 4. The van der Waals surface area contributed by atoms with Crippen molar-refractivity contribution in [1.82, 2.24) is 5.32 Å². The van der Waals surface area contributed by atoms with Gasteiger partial charge in [-0.3, -0.25) is 10.1 Å². The third-order valence-electron chi connectivity index (χ3n) is 3.10. The van der Waals surface area contributed by atoms with Crippen molar-refractivity contribution < 1.29 is 24.9 Å². The molecule has 1 rings (SSSR count). The first-order chi connectivity index (χ1) is 9.36. The first kappa shape index (κ1) is 16.4. The van der Waals surface area contributed by atoms with Crippen LogP contribution in [0.4, 0.5) is 0 Å². The summed E-state index contributed by atoms with van der Waals surface area (Å²) in [6.45, 7) is 3.04. The van der Waals surface area contributed by atoms with Gasteiger partial charge in [0.2, 0.25) is 0 Å². The number of hydrogen-bond acceptors (Lipinski definition) is 5. The molecule has 0 radical (unpaired) electrons. The fourth-order valence-corrected chi connectivity index (χ4v) is 1.91. The van der Waals surface area contributed by atoms with E-state index >= 15 is 0 Å². The topological polar surface area (TPSA) is 99.0 Å². The molecule has 0 aliphatic carbocycles. The van der Waals surface area contributed by atoms with Crippen LogP contribution in [0.3, 0.4) is 0 Å². The van der Waals surface area contributed by atoms with Gasteiger partial charge in [-0.1, -0.05) is 12.1 Å². The van der Waals surface area contributed by atoms with Crippen LogP contribution in [-0.4, -0.2) is 46.6 Å². The van der Waals surface area contributed by atoms with Crippen LogP contribution in [0.25, 0.3) is 0 Å². The summed E-state index contributed by atoms with van der Waals surface area (Å²) in [5.74, 6) is -0.552. The quantitative estimate of drug-likeness (QED) is 0.583. The summed E-state index contributed by atoms with van der Waals surface area (Å²) in [5, 5.41) is 31.4. The summed E-state index contributed by atoms with van der Waals surface area (Å²) in [6, 6.07) is 5.23. The molecular weight excluding hydrogens is 262 g/mol. The van der Waals surface area contributed by atoms with Crippen molar-refractivity contribution in [2.45, 2.75) is 38.1 Å². The van der Waals surface area contributed by atoms with Gasteiger partial charge in [-0.2, -0.15) is 0 Å². The fraction of sp³-hybridized carbons (Fsp3) is 0.500. The van der Waals surface area contributed by atoms with Crippen LogP contribution in [0.5, 0.6) is 5.75 Å². The van der Waals surface area contributed by atoms with Crippen molar-refractivity contribution in [3.05, 3.63) is 29.8 Å². The Morgan fingerprint density at radius 1 is 1.30 bits per heavy atom. The third-order valence-corrected chi connectivity index (χ3v) is 3.10. The highest BCUT2D eigenvalue weighted by Gasteiger charge is 2.27. The maximum atomic E-state index is 11.0. The van der Waals surface area contributed by atoms with Gasteiger partial charge in [0.1, 0.15) is 11.8 Å². The van der Waals surface area contributed by atoms with E-state index in [2.05, 4.69) is 5.32 Å². The van der Waals surface area contributed by atoms with Crippen LogP contribution in [0.2, 0.25) is 0 Å². The van der Waals surface area contributed by atoms with E-state index in [1.807, 2.05) is 0 Å². The molecule has 0 aromatic heterocycles. The molecule has 0 fully saturated rings. The van der Waals surface area contributed by atoms with Crippen LogP contribution in [0, 0.1) is 0 Å². The van der Waals surface area contributed by atoms with E-state index in [4.69, 9.17) is 9.84 Å². The SMILES string of the molecule is COc1cccc(C(O)C(C)NC(C(=O)O)C(C)O)c1. The molecule has 4 N–H and O–H groups in total. The molecule has 112 valence electrons. The first-order valence-corrected chi connectivity index (χ1v) is 6.35. The van der Waals surface area contributed by atoms with Gasteiger partial charge < -0.3 is 20.1 Å². The Labute approximate surface area is 118 Å². The molecule has 6 heteroatoms. The van der Waals surface area contributed by atoms with Gasteiger partial charge in [0.15, 0.2) is 0 Å². The van der Waals surface area contributed by atoms with E-state index in [1.54, 1.807) is 31.2 Å². The summed E-state index contributed by atoms with van der Waals surface area (Å²) >= 11 is 0. The summed E-state index contributed by atoms with van der Waals surface area (Å²) in [4.78, 5) is 11.0. The number of rotatable bonds is 7. The molecule has 0 aliphatic rings. The molecule has 4 unspecified atom stereocenters. The van der Waals surface area contributed by atoms with Gasteiger partial charge in [-0.15, -0.1) is 0 Å². The van der Waals surface area contributed by atoms with Crippen LogP contribution < -0.4 is 10.1 Å². The maximum absolute atomic E-state index is 11.0. The van der Waals surface area contributed by atoms with Crippen molar-refractivity contribution in [3.8, 4) is 5.75 Å². The lowest BCUT2D eigenvalue weighted by Crippen LogP contribution is -2.50. The molecule has 1 aromatic rings. The van der Waals surface area contributed by atoms with Gasteiger partial charge >= 0.3 is 5.97 Å². The highest BCUT2D eigenvalue weighted by Crippen LogP contribution is 2.21. The molecule has 1 aromatic carbocycles. The molecule has 0 aliphatic heterocycles. The van der Waals surface area contributed by atoms with Crippen molar-refractivity contribution >= 4 is 5.97 Å². The molecule has 0 saturated heterocycles. The lowest BCUT2D eigenvalue weighted by atomic mass is 10.0. The van der Waals surface area contributed by atoms with Crippen LogP contribution in [0.1, 0.15) is 25.5 Å². The van der Waals surface area contributed by atoms with Gasteiger partial charge in [0.05, 0.1) is 19.3 Å². The average molecular weight is 283 g/mol. The molecule has 0 amide bonds.